The zero-order chi connectivity index (χ0) is 23.9. The van der Waals surface area contributed by atoms with E-state index in [1.807, 2.05) is 12.1 Å². The molecule has 0 saturated carbocycles. The summed E-state index contributed by atoms with van der Waals surface area (Å²) in [6.45, 7) is 3.16. The van der Waals surface area contributed by atoms with E-state index in [-0.39, 0.29) is 11.5 Å². The number of nitrogens with one attached hydrogen (secondary N) is 1. The standard InChI is InChI=1S/C25H28N4O3S2/c1-2-3-4-5-6-8-14-29-24(31)20(34-25(29)33)16-19-22(26-17-18-11-10-15-32-18)27-21-12-7-9-13-28(21)23(19)30/h7,9-13,15-16,26H,2-6,8,14,17H2,1H3. The number of amides is 1. The summed E-state index contributed by atoms with van der Waals surface area (Å²) >= 11 is 6.71. The molecule has 0 atom stereocenters. The number of pyridine rings is 1. The van der Waals surface area contributed by atoms with Gasteiger partial charge in [-0.25, -0.2) is 4.98 Å². The number of hydrogen-bond acceptors (Lipinski definition) is 7. The Morgan fingerprint density at radius 2 is 1.94 bits per heavy atom. The molecular weight excluding hydrogens is 468 g/mol. The van der Waals surface area contributed by atoms with Gasteiger partial charge in [-0.3, -0.25) is 18.9 Å². The van der Waals surface area contributed by atoms with Gasteiger partial charge in [-0.2, -0.15) is 0 Å². The summed E-state index contributed by atoms with van der Waals surface area (Å²) in [5.74, 6) is 0.957. The van der Waals surface area contributed by atoms with Gasteiger partial charge in [0.05, 0.1) is 23.3 Å². The third kappa shape index (κ3) is 5.59. The van der Waals surface area contributed by atoms with E-state index in [1.54, 1.807) is 41.6 Å². The lowest BCUT2D eigenvalue weighted by Gasteiger charge is -2.14. The Labute approximate surface area is 208 Å². The van der Waals surface area contributed by atoms with Crippen LogP contribution in [-0.4, -0.2) is 31.1 Å². The SMILES string of the molecule is CCCCCCCCN1C(=O)C(=Cc2c(NCc3ccco3)nc3ccccn3c2=O)SC1=S. The molecule has 0 bridgehead atoms. The summed E-state index contributed by atoms with van der Waals surface area (Å²) in [7, 11) is 0. The van der Waals surface area contributed by atoms with Crippen molar-refractivity contribution in [1.82, 2.24) is 14.3 Å². The van der Waals surface area contributed by atoms with Crippen molar-refractivity contribution in [2.75, 3.05) is 11.9 Å². The molecule has 34 heavy (non-hydrogen) atoms. The Kier molecular flexibility index (Phi) is 8.18. The number of anilines is 1. The molecule has 9 heteroatoms. The Bertz CT molecular complexity index is 1250. The van der Waals surface area contributed by atoms with Crippen molar-refractivity contribution in [2.45, 2.75) is 52.0 Å². The van der Waals surface area contributed by atoms with Crippen molar-refractivity contribution in [3.63, 3.8) is 0 Å². The van der Waals surface area contributed by atoms with Gasteiger partial charge in [0, 0.05) is 12.7 Å². The zero-order valence-electron chi connectivity index (χ0n) is 19.2. The number of hydrogen-bond donors (Lipinski definition) is 1. The molecule has 1 N–H and O–H groups in total. The van der Waals surface area contributed by atoms with Crippen LogP contribution in [0.3, 0.4) is 0 Å². The van der Waals surface area contributed by atoms with Gasteiger partial charge in [0.15, 0.2) is 0 Å². The number of carbonyl (C=O) groups is 1. The van der Waals surface area contributed by atoms with E-state index in [4.69, 9.17) is 16.6 Å². The van der Waals surface area contributed by atoms with Crippen molar-refractivity contribution in [2.24, 2.45) is 0 Å². The van der Waals surface area contributed by atoms with Crippen molar-refractivity contribution in [3.8, 4) is 0 Å². The summed E-state index contributed by atoms with van der Waals surface area (Å²) in [5.41, 5.74) is 0.575. The molecule has 1 fully saturated rings. The fourth-order valence-corrected chi connectivity index (χ4v) is 5.12. The normalized spacial score (nSPS) is 15.1. The molecule has 1 amide bonds. The molecule has 7 nitrogen and oxygen atoms in total. The van der Waals surface area contributed by atoms with Crippen LogP contribution in [0, 0.1) is 0 Å². The highest BCUT2D eigenvalue weighted by molar-refractivity contribution is 8.26. The molecule has 178 valence electrons. The fraction of sp³-hybridized carbons (Fsp3) is 0.360. The maximum absolute atomic E-state index is 13.3. The molecule has 0 aliphatic carbocycles. The molecule has 1 aliphatic heterocycles. The largest absolute Gasteiger partial charge is 0.467 e. The van der Waals surface area contributed by atoms with Crippen molar-refractivity contribution in [3.05, 3.63) is 69.4 Å². The Morgan fingerprint density at radius 1 is 1.12 bits per heavy atom. The molecule has 0 spiro atoms. The minimum Gasteiger partial charge on any atom is -0.467 e. The lowest BCUT2D eigenvalue weighted by molar-refractivity contribution is -0.122. The summed E-state index contributed by atoms with van der Waals surface area (Å²) in [6.07, 6.45) is 11.7. The third-order valence-corrected chi connectivity index (χ3v) is 7.04. The maximum Gasteiger partial charge on any atom is 0.267 e. The molecule has 4 heterocycles. The van der Waals surface area contributed by atoms with Gasteiger partial charge in [-0.05, 0) is 36.8 Å². The van der Waals surface area contributed by atoms with Crippen LogP contribution >= 0.6 is 24.0 Å². The van der Waals surface area contributed by atoms with Crippen LogP contribution in [0.1, 0.15) is 56.8 Å². The number of rotatable bonds is 11. The second kappa shape index (κ2) is 11.5. The minimum atomic E-state index is -0.256. The van der Waals surface area contributed by atoms with E-state index < -0.39 is 0 Å². The van der Waals surface area contributed by atoms with E-state index in [0.29, 0.717) is 45.1 Å². The van der Waals surface area contributed by atoms with Gasteiger partial charge in [-0.1, -0.05) is 69.1 Å². The third-order valence-electron chi connectivity index (χ3n) is 5.66. The van der Waals surface area contributed by atoms with E-state index in [2.05, 4.69) is 17.2 Å². The number of thioether (sulfide) groups is 1. The van der Waals surface area contributed by atoms with Gasteiger partial charge >= 0.3 is 0 Å². The van der Waals surface area contributed by atoms with E-state index in [1.165, 1.54) is 41.8 Å². The van der Waals surface area contributed by atoms with Crippen LogP contribution in [-0.2, 0) is 11.3 Å². The van der Waals surface area contributed by atoms with Gasteiger partial charge in [0.1, 0.15) is 21.5 Å². The Morgan fingerprint density at radius 3 is 2.74 bits per heavy atom. The molecule has 3 aromatic rings. The Balaban J connectivity index is 1.57. The average Bonchev–Trinajstić information content (AvgIpc) is 3.45. The van der Waals surface area contributed by atoms with E-state index in [0.717, 1.165) is 12.8 Å². The highest BCUT2D eigenvalue weighted by Gasteiger charge is 2.32. The predicted octanol–water partition coefficient (Wildman–Crippen LogP) is 5.46. The van der Waals surface area contributed by atoms with Crippen LogP contribution in [0.5, 0.6) is 0 Å². The van der Waals surface area contributed by atoms with Crippen LogP contribution in [0.15, 0.2) is 56.9 Å². The van der Waals surface area contributed by atoms with Crippen molar-refractivity contribution >= 4 is 51.7 Å². The summed E-state index contributed by atoms with van der Waals surface area (Å²) in [4.78, 5) is 33.1. The second-order valence-electron chi connectivity index (χ2n) is 8.14. The van der Waals surface area contributed by atoms with Crippen LogP contribution in [0.25, 0.3) is 11.7 Å². The number of fused-ring (bicyclic) bond motifs is 1. The highest BCUT2D eigenvalue weighted by atomic mass is 32.2. The zero-order valence-corrected chi connectivity index (χ0v) is 20.8. The first-order valence-corrected chi connectivity index (χ1v) is 12.8. The first kappa shape index (κ1) is 24.2. The van der Waals surface area contributed by atoms with Gasteiger partial charge in [0.2, 0.25) is 0 Å². The highest BCUT2D eigenvalue weighted by Crippen LogP contribution is 2.33. The minimum absolute atomic E-state index is 0.155. The number of unbranched alkanes of at least 4 members (excludes halogenated alkanes) is 5. The van der Waals surface area contributed by atoms with E-state index in [9.17, 15) is 9.59 Å². The summed E-state index contributed by atoms with van der Waals surface area (Å²) in [6, 6.07) is 9.01. The maximum atomic E-state index is 13.3. The monoisotopic (exact) mass is 496 g/mol. The number of carbonyl (C=O) groups excluding carboxylic acids is 1. The quantitative estimate of drug-likeness (QED) is 0.214. The van der Waals surface area contributed by atoms with Crippen LogP contribution in [0.4, 0.5) is 5.82 Å². The number of nitrogens with zero attached hydrogens (tertiary/aromatic N) is 3. The average molecular weight is 497 g/mol. The van der Waals surface area contributed by atoms with Crippen molar-refractivity contribution < 1.29 is 9.21 Å². The molecule has 0 radical (unpaired) electrons. The topological polar surface area (TPSA) is 79.8 Å². The molecule has 1 saturated heterocycles. The summed E-state index contributed by atoms with van der Waals surface area (Å²) < 4.78 is 7.39. The van der Waals surface area contributed by atoms with E-state index >= 15 is 0 Å². The van der Waals surface area contributed by atoms with Crippen LogP contribution < -0.4 is 10.9 Å². The second-order valence-corrected chi connectivity index (χ2v) is 9.82. The predicted molar refractivity (Wildman–Crippen MR) is 141 cm³/mol. The fourth-order valence-electron chi connectivity index (χ4n) is 3.83. The molecule has 4 rings (SSSR count). The van der Waals surface area contributed by atoms with Gasteiger partial charge in [0.25, 0.3) is 11.5 Å². The lowest BCUT2D eigenvalue weighted by Crippen LogP contribution is -2.29. The van der Waals surface area contributed by atoms with Gasteiger partial charge in [-0.15, -0.1) is 0 Å². The molecule has 0 aromatic carbocycles. The molecule has 0 unspecified atom stereocenters. The first-order valence-electron chi connectivity index (χ1n) is 11.6. The van der Waals surface area contributed by atoms with Gasteiger partial charge < -0.3 is 9.73 Å². The van der Waals surface area contributed by atoms with Crippen molar-refractivity contribution in [1.29, 1.82) is 0 Å². The first-order chi connectivity index (χ1) is 16.6. The number of aromatic nitrogens is 2. The molecule has 3 aromatic heterocycles. The smallest absolute Gasteiger partial charge is 0.267 e. The summed E-state index contributed by atoms with van der Waals surface area (Å²) in [5, 5.41) is 3.19. The lowest BCUT2D eigenvalue weighted by atomic mass is 10.1. The Hall–Kier alpha value is -2.91. The van der Waals surface area contributed by atoms with Crippen LogP contribution in [0.2, 0.25) is 0 Å². The molecule has 1 aliphatic rings. The number of furan rings is 1. The molecular formula is C25H28N4O3S2. The number of thiocarbonyl (C=S) groups is 1.